The van der Waals surface area contributed by atoms with E-state index in [1.807, 2.05) is 12.1 Å². The van der Waals surface area contributed by atoms with Gasteiger partial charge in [0.2, 0.25) is 0 Å². The van der Waals surface area contributed by atoms with Crippen LogP contribution < -0.4 is 5.32 Å². The summed E-state index contributed by atoms with van der Waals surface area (Å²) in [4.78, 5) is 2.27. The Bertz CT molecular complexity index is 423. The Morgan fingerprint density at radius 3 is 2.58 bits per heavy atom. The molecule has 0 bridgehead atoms. The van der Waals surface area contributed by atoms with Crippen LogP contribution in [0.2, 0.25) is 5.02 Å². The summed E-state index contributed by atoms with van der Waals surface area (Å²) in [5.41, 5.74) is 1.60. The van der Waals surface area contributed by atoms with E-state index in [1.165, 1.54) is 18.4 Å². The quantitative estimate of drug-likeness (QED) is 0.888. The van der Waals surface area contributed by atoms with Crippen LogP contribution in [0.25, 0.3) is 0 Å². The topological polar surface area (TPSA) is 15.3 Å². The van der Waals surface area contributed by atoms with E-state index in [4.69, 9.17) is 11.6 Å². The molecule has 0 unspecified atom stereocenters. The molecule has 106 valence electrons. The minimum atomic E-state index is 0.209. The standard InChI is InChI=1S/C16H25ClN2/c1-16(2,19(3)4)11-18-15-9-13(10-15)12-6-5-7-14(17)8-12/h5-8,13,15,18H,9-11H2,1-4H3. The fraction of sp³-hybridized carbons (Fsp3) is 0.625. The number of hydrogen-bond donors (Lipinski definition) is 1. The number of rotatable bonds is 5. The van der Waals surface area contributed by atoms with Gasteiger partial charge in [0, 0.05) is 23.1 Å². The average molecular weight is 281 g/mol. The zero-order valence-corrected chi connectivity index (χ0v) is 13.2. The molecular formula is C16H25ClN2. The Morgan fingerprint density at radius 2 is 2.00 bits per heavy atom. The van der Waals surface area contributed by atoms with Crippen LogP contribution in [0.15, 0.2) is 24.3 Å². The van der Waals surface area contributed by atoms with Gasteiger partial charge in [-0.3, -0.25) is 0 Å². The summed E-state index contributed by atoms with van der Waals surface area (Å²) in [5.74, 6) is 0.679. The highest BCUT2D eigenvalue weighted by Crippen LogP contribution is 2.37. The van der Waals surface area contributed by atoms with E-state index in [2.05, 4.69) is 50.3 Å². The molecule has 3 heteroatoms. The summed E-state index contributed by atoms with van der Waals surface area (Å²) in [6, 6.07) is 8.94. The summed E-state index contributed by atoms with van der Waals surface area (Å²) in [5, 5.41) is 4.53. The maximum atomic E-state index is 6.04. The largest absolute Gasteiger partial charge is 0.312 e. The summed E-state index contributed by atoms with van der Waals surface area (Å²) in [6.45, 7) is 5.58. The maximum absolute atomic E-state index is 6.04. The molecule has 1 aromatic rings. The van der Waals surface area contributed by atoms with Crippen LogP contribution in [-0.2, 0) is 0 Å². The second kappa shape index (κ2) is 5.82. The third-order valence-electron chi connectivity index (χ3n) is 4.49. The predicted molar refractivity (Wildman–Crippen MR) is 83.0 cm³/mol. The van der Waals surface area contributed by atoms with Crippen molar-refractivity contribution in [1.29, 1.82) is 0 Å². The van der Waals surface area contributed by atoms with E-state index >= 15 is 0 Å². The van der Waals surface area contributed by atoms with Crippen molar-refractivity contribution in [2.24, 2.45) is 0 Å². The van der Waals surface area contributed by atoms with Crippen molar-refractivity contribution >= 4 is 11.6 Å². The van der Waals surface area contributed by atoms with Gasteiger partial charge in [-0.15, -0.1) is 0 Å². The van der Waals surface area contributed by atoms with Crippen LogP contribution in [0.3, 0.4) is 0 Å². The van der Waals surface area contributed by atoms with Gasteiger partial charge in [-0.05, 0) is 64.4 Å². The van der Waals surface area contributed by atoms with E-state index in [0.717, 1.165) is 11.6 Å². The Hall–Kier alpha value is -0.570. The predicted octanol–water partition coefficient (Wildman–Crippen LogP) is 3.52. The summed E-state index contributed by atoms with van der Waals surface area (Å²) in [6.07, 6.45) is 2.45. The van der Waals surface area contributed by atoms with Gasteiger partial charge in [0.05, 0.1) is 0 Å². The summed E-state index contributed by atoms with van der Waals surface area (Å²) >= 11 is 6.04. The van der Waals surface area contributed by atoms with Crippen molar-refractivity contribution in [2.45, 2.75) is 44.2 Å². The Morgan fingerprint density at radius 1 is 1.32 bits per heavy atom. The maximum Gasteiger partial charge on any atom is 0.0408 e. The molecule has 0 heterocycles. The molecule has 0 atom stereocenters. The number of nitrogens with one attached hydrogen (secondary N) is 1. The first kappa shape index (κ1) is 14.8. The van der Waals surface area contributed by atoms with Crippen LogP contribution in [0, 0.1) is 0 Å². The molecule has 1 aliphatic rings. The molecular weight excluding hydrogens is 256 g/mol. The van der Waals surface area contributed by atoms with Crippen LogP contribution in [-0.4, -0.2) is 37.1 Å². The molecule has 1 N–H and O–H groups in total. The third kappa shape index (κ3) is 3.71. The first-order chi connectivity index (χ1) is 8.88. The Labute approximate surface area is 122 Å². The molecule has 0 aliphatic heterocycles. The SMILES string of the molecule is CN(C)C(C)(C)CNC1CC(c2cccc(Cl)c2)C1. The first-order valence-electron chi connectivity index (χ1n) is 7.05. The normalized spacial score (nSPS) is 23.5. The fourth-order valence-corrected chi connectivity index (χ4v) is 2.57. The van der Waals surface area contributed by atoms with Gasteiger partial charge in [0.25, 0.3) is 0 Å². The number of likely N-dealkylation sites (N-methyl/N-ethyl adjacent to an activating group) is 1. The van der Waals surface area contributed by atoms with Gasteiger partial charge in [-0.25, -0.2) is 0 Å². The van der Waals surface area contributed by atoms with E-state index in [9.17, 15) is 0 Å². The molecule has 0 spiro atoms. The average Bonchev–Trinajstić information content (AvgIpc) is 2.26. The van der Waals surface area contributed by atoms with Crippen molar-refractivity contribution in [2.75, 3.05) is 20.6 Å². The van der Waals surface area contributed by atoms with Gasteiger partial charge in [0.1, 0.15) is 0 Å². The molecule has 2 nitrogen and oxygen atoms in total. The van der Waals surface area contributed by atoms with Gasteiger partial charge < -0.3 is 10.2 Å². The highest BCUT2D eigenvalue weighted by atomic mass is 35.5. The Balaban J connectivity index is 1.78. The minimum absolute atomic E-state index is 0.209. The summed E-state index contributed by atoms with van der Waals surface area (Å²) in [7, 11) is 4.27. The summed E-state index contributed by atoms with van der Waals surface area (Å²) < 4.78 is 0. The Kier molecular flexibility index (Phi) is 4.54. The number of hydrogen-bond acceptors (Lipinski definition) is 2. The third-order valence-corrected chi connectivity index (χ3v) is 4.73. The monoisotopic (exact) mass is 280 g/mol. The van der Waals surface area contributed by atoms with Crippen LogP contribution >= 0.6 is 11.6 Å². The molecule has 0 saturated heterocycles. The van der Waals surface area contributed by atoms with Crippen molar-refractivity contribution in [1.82, 2.24) is 10.2 Å². The molecule has 1 aliphatic carbocycles. The van der Waals surface area contributed by atoms with Gasteiger partial charge >= 0.3 is 0 Å². The lowest BCUT2D eigenvalue weighted by atomic mass is 9.75. The van der Waals surface area contributed by atoms with E-state index in [0.29, 0.717) is 12.0 Å². The molecule has 2 rings (SSSR count). The molecule has 1 fully saturated rings. The second-order valence-corrected chi connectivity index (χ2v) is 6.94. The van der Waals surface area contributed by atoms with Gasteiger partial charge in [0.15, 0.2) is 0 Å². The number of halogens is 1. The van der Waals surface area contributed by atoms with Crippen LogP contribution in [0.1, 0.15) is 38.2 Å². The molecule has 1 saturated carbocycles. The lowest BCUT2D eigenvalue weighted by Gasteiger charge is -2.40. The number of nitrogens with zero attached hydrogens (tertiary/aromatic N) is 1. The zero-order chi connectivity index (χ0) is 14.0. The van der Waals surface area contributed by atoms with Crippen LogP contribution in [0.4, 0.5) is 0 Å². The number of benzene rings is 1. The van der Waals surface area contributed by atoms with Crippen LogP contribution in [0.5, 0.6) is 0 Å². The minimum Gasteiger partial charge on any atom is -0.312 e. The molecule has 0 amide bonds. The smallest absolute Gasteiger partial charge is 0.0408 e. The highest BCUT2D eigenvalue weighted by Gasteiger charge is 2.31. The molecule has 0 radical (unpaired) electrons. The van der Waals surface area contributed by atoms with E-state index in [1.54, 1.807) is 0 Å². The van der Waals surface area contributed by atoms with Crippen molar-refractivity contribution < 1.29 is 0 Å². The fourth-order valence-electron chi connectivity index (χ4n) is 2.37. The zero-order valence-electron chi connectivity index (χ0n) is 12.4. The van der Waals surface area contributed by atoms with Crippen molar-refractivity contribution in [3.63, 3.8) is 0 Å². The lowest BCUT2D eigenvalue weighted by Crippen LogP contribution is -2.51. The molecule has 1 aromatic carbocycles. The van der Waals surface area contributed by atoms with Crippen molar-refractivity contribution in [3.05, 3.63) is 34.9 Å². The van der Waals surface area contributed by atoms with Crippen molar-refractivity contribution in [3.8, 4) is 0 Å². The van der Waals surface area contributed by atoms with E-state index in [-0.39, 0.29) is 5.54 Å². The first-order valence-corrected chi connectivity index (χ1v) is 7.42. The second-order valence-electron chi connectivity index (χ2n) is 6.51. The van der Waals surface area contributed by atoms with Gasteiger partial charge in [-0.2, -0.15) is 0 Å². The van der Waals surface area contributed by atoms with Gasteiger partial charge in [-0.1, -0.05) is 23.7 Å². The van der Waals surface area contributed by atoms with E-state index < -0.39 is 0 Å². The lowest BCUT2D eigenvalue weighted by molar-refractivity contribution is 0.168. The molecule has 0 aromatic heterocycles. The molecule has 19 heavy (non-hydrogen) atoms. The highest BCUT2D eigenvalue weighted by molar-refractivity contribution is 6.30.